The number of hydrogen-bond donors (Lipinski definition) is 2. The molecule has 0 bridgehead atoms. The number of hydrogen-bond acceptors (Lipinski definition) is 16. The normalized spacial score (nSPS) is 10.3. The lowest BCUT2D eigenvalue weighted by Crippen LogP contribution is -2.00. The maximum atomic E-state index is 5.96. The Morgan fingerprint density at radius 3 is 1.53 bits per heavy atom. The molecule has 0 aliphatic rings. The molecule has 14 nitrogen and oxygen atoms in total. The lowest BCUT2D eigenvalue weighted by atomic mass is 10.2. The third-order valence-corrected chi connectivity index (χ3v) is 7.95. The number of nitrogens with two attached hydrogens (primary N) is 1. The number of fused-ring (bicyclic) bond motifs is 2. The Hall–Kier alpha value is -4.35. The first-order chi connectivity index (χ1) is 22.6. The number of nitrogens with one attached hydrogen (secondary N) is 1. The van der Waals surface area contributed by atoms with Crippen LogP contribution in [0.3, 0.4) is 0 Å². The highest BCUT2D eigenvalue weighted by molar-refractivity contribution is 7.16. The summed E-state index contributed by atoms with van der Waals surface area (Å²) in [6.45, 7) is 0. The van der Waals surface area contributed by atoms with Crippen LogP contribution in [0.25, 0.3) is 20.7 Å². The van der Waals surface area contributed by atoms with Gasteiger partial charge in [0.2, 0.25) is 22.1 Å². The Bertz CT molecular complexity index is 1930. The minimum atomic E-state index is 0.150. The molecule has 4 aromatic heterocycles. The molecule has 0 saturated heterocycles. The highest BCUT2D eigenvalue weighted by Crippen LogP contribution is 2.41. The van der Waals surface area contributed by atoms with E-state index >= 15 is 0 Å². The number of methoxy groups -OCH3 is 6. The lowest BCUT2D eigenvalue weighted by Gasteiger charge is -2.15. The zero-order chi connectivity index (χ0) is 34.1. The standard InChI is InChI=1S/C14H13ClN4O3S.C9H13NO3.C5HCl2N3S/c1-20-8-4-7(5-9(21-2)11(8)22-3)17-12-10-13(23-6-16-10)19-14(15)18-12;1-11-7-4-6(10)5-8(12-2)9(7)13-3;6-3-2-4(11-1-8-2)10-5(7)9-3/h4-6H,1-3H3,(H,17,18,19);4-5H,10H2,1-3H3;1H. The molecule has 0 radical (unpaired) electrons. The lowest BCUT2D eigenvalue weighted by molar-refractivity contribution is 0.324. The second-order valence-electron chi connectivity index (χ2n) is 8.63. The van der Waals surface area contributed by atoms with Crippen molar-refractivity contribution in [2.45, 2.75) is 0 Å². The first kappa shape index (κ1) is 35.5. The summed E-state index contributed by atoms with van der Waals surface area (Å²) in [4.78, 5) is 25.6. The molecule has 248 valence electrons. The van der Waals surface area contributed by atoms with Crippen molar-refractivity contribution in [3.8, 4) is 34.5 Å². The van der Waals surface area contributed by atoms with Crippen molar-refractivity contribution in [2.75, 3.05) is 53.7 Å². The summed E-state index contributed by atoms with van der Waals surface area (Å²) in [6, 6.07) is 6.91. The Kier molecular flexibility index (Phi) is 12.4. The Morgan fingerprint density at radius 2 is 1.04 bits per heavy atom. The Balaban J connectivity index is 0.000000176. The molecule has 0 spiro atoms. The topological polar surface area (TPSA) is 171 Å². The maximum Gasteiger partial charge on any atom is 0.225 e. The molecule has 19 heteroatoms. The van der Waals surface area contributed by atoms with Gasteiger partial charge in [-0.25, -0.2) is 24.9 Å². The third kappa shape index (κ3) is 8.52. The van der Waals surface area contributed by atoms with E-state index in [0.717, 1.165) is 4.83 Å². The molecular weight excluding hydrogens is 715 g/mol. The molecule has 0 unspecified atom stereocenters. The molecule has 0 fully saturated rings. The van der Waals surface area contributed by atoms with Crippen molar-refractivity contribution in [2.24, 2.45) is 0 Å². The van der Waals surface area contributed by atoms with E-state index in [2.05, 4.69) is 35.2 Å². The van der Waals surface area contributed by atoms with E-state index in [1.165, 1.54) is 22.7 Å². The average molecular weight is 742 g/mol. The molecular formula is C28H27Cl3N8O6S2. The van der Waals surface area contributed by atoms with Crippen LogP contribution in [0, 0.1) is 0 Å². The van der Waals surface area contributed by atoms with Gasteiger partial charge in [-0.1, -0.05) is 11.6 Å². The van der Waals surface area contributed by atoms with E-state index in [-0.39, 0.29) is 10.6 Å². The first-order valence-corrected chi connectivity index (χ1v) is 15.9. The van der Waals surface area contributed by atoms with Crippen LogP contribution in [0.2, 0.25) is 15.7 Å². The SMILES string of the molecule is COc1cc(N)cc(OC)c1OC.COc1cc(Nc2nc(Cl)nc3scnc23)cc(OC)c1OC.Clc1nc(Cl)c2ncsc2n1. The predicted molar refractivity (Wildman–Crippen MR) is 185 cm³/mol. The van der Waals surface area contributed by atoms with Crippen molar-refractivity contribution in [3.63, 3.8) is 0 Å². The molecule has 6 rings (SSSR count). The number of nitrogens with zero attached hydrogens (tertiary/aromatic N) is 6. The van der Waals surface area contributed by atoms with Gasteiger partial charge in [0.1, 0.15) is 15.9 Å². The second kappa shape index (κ2) is 16.5. The predicted octanol–water partition coefficient (Wildman–Crippen LogP) is 7.20. The largest absolute Gasteiger partial charge is 0.493 e. The van der Waals surface area contributed by atoms with Crippen molar-refractivity contribution >= 4 is 95.4 Å². The van der Waals surface area contributed by atoms with Crippen LogP contribution in [0.5, 0.6) is 34.5 Å². The van der Waals surface area contributed by atoms with Gasteiger partial charge in [0.25, 0.3) is 0 Å². The molecule has 0 saturated carbocycles. The second-order valence-corrected chi connectivity index (χ2v) is 11.3. The van der Waals surface area contributed by atoms with Crippen LogP contribution in [0.15, 0.2) is 35.3 Å². The molecule has 4 heterocycles. The minimum absolute atomic E-state index is 0.150. The number of rotatable bonds is 8. The van der Waals surface area contributed by atoms with Crippen LogP contribution in [-0.4, -0.2) is 72.6 Å². The first-order valence-electron chi connectivity index (χ1n) is 13.0. The third-order valence-electron chi connectivity index (χ3n) is 5.91. The highest BCUT2D eigenvalue weighted by Gasteiger charge is 2.16. The van der Waals surface area contributed by atoms with Crippen LogP contribution in [0.1, 0.15) is 0 Å². The van der Waals surface area contributed by atoms with Crippen molar-refractivity contribution in [1.29, 1.82) is 0 Å². The van der Waals surface area contributed by atoms with E-state index in [1.54, 1.807) is 77.9 Å². The summed E-state index contributed by atoms with van der Waals surface area (Å²) in [5.41, 5.74) is 11.5. The van der Waals surface area contributed by atoms with Crippen LogP contribution >= 0.6 is 57.5 Å². The zero-order valence-electron chi connectivity index (χ0n) is 25.6. The van der Waals surface area contributed by atoms with E-state index < -0.39 is 0 Å². The summed E-state index contributed by atoms with van der Waals surface area (Å²) in [6.07, 6.45) is 0. The van der Waals surface area contributed by atoms with E-state index in [1.807, 2.05) is 0 Å². The Labute approximate surface area is 291 Å². The van der Waals surface area contributed by atoms with E-state index in [0.29, 0.717) is 72.7 Å². The van der Waals surface area contributed by atoms with Gasteiger partial charge < -0.3 is 39.5 Å². The number of anilines is 3. The molecule has 2 aromatic carbocycles. The van der Waals surface area contributed by atoms with Crippen molar-refractivity contribution in [3.05, 3.63) is 51.0 Å². The molecule has 3 N–H and O–H groups in total. The molecule has 6 aromatic rings. The summed E-state index contributed by atoms with van der Waals surface area (Å²) >= 11 is 20.0. The van der Waals surface area contributed by atoms with Gasteiger partial charge in [-0.15, -0.1) is 22.7 Å². The number of ether oxygens (including phenoxy) is 6. The summed E-state index contributed by atoms with van der Waals surface area (Å²) in [7, 11) is 9.32. The van der Waals surface area contributed by atoms with Crippen LogP contribution in [0.4, 0.5) is 17.2 Å². The summed E-state index contributed by atoms with van der Waals surface area (Å²) in [5, 5.41) is 3.78. The number of thiazole rings is 2. The van der Waals surface area contributed by atoms with Crippen molar-refractivity contribution < 1.29 is 28.4 Å². The molecule has 47 heavy (non-hydrogen) atoms. The quantitative estimate of drug-likeness (QED) is 0.0912. The van der Waals surface area contributed by atoms with Gasteiger partial charge in [-0.2, -0.15) is 4.98 Å². The Morgan fingerprint density at radius 1 is 0.596 bits per heavy atom. The number of aromatic nitrogens is 6. The monoisotopic (exact) mass is 740 g/mol. The van der Waals surface area contributed by atoms with Gasteiger partial charge in [0, 0.05) is 35.6 Å². The maximum absolute atomic E-state index is 5.96. The van der Waals surface area contributed by atoms with Gasteiger partial charge in [0.05, 0.1) is 53.7 Å². The minimum Gasteiger partial charge on any atom is -0.493 e. The van der Waals surface area contributed by atoms with Crippen LogP contribution in [-0.2, 0) is 0 Å². The smallest absolute Gasteiger partial charge is 0.225 e. The van der Waals surface area contributed by atoms with E-state index in [4.69, 9.17) is 69.0 Å². The van der Waals surface area contributed by atoms with Crippen LogP contribution < -0.4 is 39.5 Å². The summed E-state index contributed by atoms with van der Waals surface area (Å²) < 4.78 is 31.2. The van der Waals surface area contributed by atoms with E-state index in [9.17, 15) is 0 Å². The number of halogens is 3. The average Bonchev–Trinajstić information content (AvgIpc) is 3.74. The van der Waals surface area contributed by atoms with Gasteiger partial charge >= 0.3 is 0 Å². The molecule has 0 aliphatic carbocycles. The fourth-order valence-corrected chi connectivity index (χ4v) is 5.99. The molecule has 0 aliphatic heterocycles. The fourth-order valence-electron chi connectivity index (χ4n) is 3.92. The number of nitrogen functional groups attached to an aromatic ring is 1. The molecule has 0 atom stereocenters. The zero-order valence-corrected chi connectivity index (χ0v) is 29.5. The van der Waals surface area contributed by atoms with Gasteiger partial charge in [-0.3, -0.25) is 0 Å². The summed E-state index contributed by atoms with van der Waals surface area (Å²) in [5.74, 6) is 3.78. The number of benzene rings is 2. The fraction of sp³-hybridized carbons (Fsp3) is 0.214. The van der Waals surface area contributed by atoms with Crippen molar-refractivity contribution in [1.82, 2.24) is 29.9 Å². The van der Waals surface area contributed by atoms with Gasteiger partial charge in [-0.05, 0) is 23.2 Å². The molecule has 0 amide bonds. The van der Waals surface area contributed by atoms with Gasteiger partial charge in [0.15, 0.2) is 38.8 Å². The highest BCUT2D eigenvalue weighted by atomic mass is 35.5.